The average molecular weight is 300 g/mol. The van der Waals surface area contributed by atoms with Crippen LogP contribution in [-0.4, -0.2) is 22.2 Å². The van der Waals surface area contributed by atoms with Crippen molar-refractivity contribution in [2.24, 2.45) is 5.73 Å². The second-order valence-corrected chi connectivity index (χ2v) is 5.76. The van der Waals surface area contributed by atoms with Gasteiger partial charge in [-0.3, -0.25) is 0 Å². The molecule has 1 aromatic heterocycles. The molecule has 0 saturated carbocycles. The molecule has 21 heavy (non-hydrogen) atoms. The lowest BCUT2D eigenvalue weighted by molar-refractivity contribution is 0.930. The summed E-state index contributed by atoms with van der Waals surface area (Å²) in [5, 5.41) is 8.52. The molecule has 2 rings (SSSR count). The highest BCUT2D eigenvalue weighted by atomic mass is 32.1. The molecule has 0 aliphatic carbocycles. The molecule has 0 radical (unpaired) electrons. The molecule has 4 nitrogen and oxygen atoms in total. The Balaban J connectivity index is 2.61. The third kappa shape index (κ3) is 2.88. The number of aromatic nitrogens is 2. The van der Waals surface area contributed by atoms with Gasteiger partial charge in [-0.15, -0.1) is 5.10 Å². The van der Waals surface area contributed by atoms with Crippen LogP contribution in [0.3, 0.4) is 0 Å². The first-order valence-corrected chi connectivity index (χ1v) is 7.18. The molecule has 0 saturated heterocycles. The molecule has 1 aromatic carbocycles. The lowest BCUT2D eigenvalue weighted by Gasteiger charge is -2.23. The van der Waals surface area contributed by atoms with Crippen LogP contribution in [0.5, 0.6) is 0 Å². The van der Waals surface area contributed by atoms with Gasteiger partial charge in [-0.25, -0.2) is 0 Å². The van der Waals surface area contributed by atoms with E-state index in [1.165, 1.54) is 11.1 Å². The van der Waals surface area contributed by atoms with E-state index in [0.717, 1.165) is 22.5 Å². The van der Waals surface area contributed by atoms with Crippen molar-refractivity contribution in [3.63, 3.8) is 0 Å². The SMILES string of the molecule is Cc1ccc(N(C)c2nnc(C)c(C)c2C(N)=S)c(C)c1. The second-order valence-electron chi connectivity index (χ2n) is 5.32. The molecule has 0 fully saturated rings. The molecule has 2 N–H and O–H groups in total. The Kier molecular flexibility index (Phi) is 4.23. The highest BCUT2D eigenvalue weighted by molar-refractivity contribution is 7.80. The topological polar surface area (TPSA) is 55.0 Å². The third-order valence-corrected chi connectivity index (χ3v) is 3.92. The minimum Gasteiger partial charge on any atom is -0.389 e. The number of rotatable bonds is 3. The van der Waals surface area contributed by atoms with Crippen LogP contribution in [0.1, 0.15) is 27.9 Å². The van der Waals surface area contributed by atoms with Crippen molar-refractivity contribution in [2.75, 3.05) is 11.9 Å². The molecule has 0 aliphatic heterocycles. The van der Waals surface area contributed by atoms with Crippen molar-refractivity contribution in [3.05, 3.63) is 46.1 Å². The maximum atomic E-state index is 5.90. The van der Waals surface area contributed by atoms with E-state index in [1.807, 2.05) is 25.8 Å². The Bertz CT molecular complexity index is 710. The number of nitrogens with two attached hydrogens (primary N) is 1. The number of benzene rings is 1. The normalized spacial score (nSPS) is 10.5. The fourth-order valence-electron chi connectivity index (χ4n) is 2.42. The van der Waals surface area contributed by atoms with E-state index in [-0.39, 0.29) is 0 Å². The predicted octanol–water partition coefficient (Wildman–Crippen LogP) is 3.11. The minimum atomic E-state index is 0.345. The van der Waals surface area contributed by atoms with Crippen LogP contribution < -0.4 is 10.6 Å². The van der Waals surface area contributed by atoms with Crippen molar-refractivity contribution in [1.29, 1.82) is 0 Å². The van der Waals surface area contributed by atoms with Gasteiger partial charge in [-0.05, 0) is 44.9 Å². The zero-order valence-electron chi connectivity index (χ0n) is 13.1. The number of thiocarbonyl (C=S) groups is 1. The zero-order chi connectivity index (χ0) is 15.7. The summed E-state index contributed by atoms with van der Waals surface area (Å²) in [6, 6.07) is 6.29. The number of hydrogen-bond acceptors (Lipinski definition) is 4. The van der Waals surface area contributed by atoms with Gasteiger partial charge in [0.1, 0.15) is 4.99 Å². The fraction of sp³-hybridized carbons (Fsp3) is 0.312. The predicted molar refractivity (Wildman–Crippen MR) is 91.4 cm³/mol. The Morgan fingerprint density at radius 1 is 1.14 bits per heavy atom. The van der Waals surface area contributed by atoms with Crippen molar-refractivity contribution in [3.8, 4) is 0 Å². The molecule has 0 unspecified atom stereocenters. The maximum Gasteiger partial charge on any atom is 0.166 e. The number of anilines is 2. The summed E-state index contributed by atoms with van der Waals surface area (Å²) in [6.07, 6.45) is 0. The Labute approximate surface area is 131 Å². The monoisotopic (exact) mass is 300 g/mol. The van der Waals surface area contributed by atoms with Gasteiger partial charge >= 0.3 is 0 Å². The summed E-state index contributed by atoms with van der Waals surface area (Å²) < 4.78 is 0. The van der Waals surface area contributed by atoms with Crippen LogP contribution in [0, 0.1) is 27.7 Å². The highest BCUT2D eigenvalue weighted by Crippen LogP contribution is 2.30. The largest absolute Gasteiger partial charge is 0.389 e. The molecular formula is C16H20N4S. The minimum absolute atomic E-state index is 0.345. The summed E-state index contributed by atoms with van der Waals surface area (Å²) in [4.78, 5) is 2.33. The van der Waals surface area contributed by atoms with Crippen molar-refractivity contribution in [2.45, 2.75) is 27.7 Å². The molecule has 0 amide bonds. The molecule has 1 heterocycles. The molecule has 0 spiro atoms. The molecule has 0 atom stereocenters. The Hall–Kier alpha value is -2.01. The van der Waals surface area contributed by atoms with Gasteiger partial charge < -0.3 is 10.6 Å². The van der Waals surface area contributed by atoms with E-state index in [9.17, 15) is 0 Å². The van der Waals surface area contributed by atoms with Crippen LogP contribution in [0.2, 0.25) is 0 Å². The van der Waals surface area contributed by atoms with E-state index in [1.54, 1.807) is 0 Å². The first-order chi connectivity index (χ1) is 9.82. The van der Waals surface area contributed by atoms with Crippen LogP contribution in [-0.2, 0) is 0 Å². The molecular weight excluding hydrogens is 280 g/mol. The number of aryl methyl sites for hydroxylation is 3. The molecule has 0 bridgehead atoms. The smallest absolute Gasteiger partial charge is 0.166 e. The van der Waals surface area contributed by atoms with E-state index in [0.29, 0.717) is 10.8 Å². The summed E-state index contributed by atoms with van der Waals surface area (Å²) in [6.45, 7) is 8.03. The van der Waals surface area contributed by atoms with Crippen molar-refractivity contribution >= 4 is 28.7 Å². The zero-order valence-corrected chi connectivity index (χ0v) is 13.9. The summed E-state index contributed by atoms with van der Waals surface area (Å²) in [5.74, 6) is 0.692. The first-order valence-electron chi connectivity index (χ1n) is 6.77. The fourth-order valence-corrected chi connectivity index (χ4v) is 2.67. The van der Waals surface area contributed by atoms with Gasteiger partial charge in [0.25, 0.3) is 0 Å². The van der Waals surface area contributed by atoms with E-state index in [4.69, 9.17) is 18.0 Å². The molecule has 110 valence electrons. The van der Waals surface area contributed by atoms with Crippen molar-refractivity contribution < 1.29 is 0 Å². The molecule has 5 heteroatoms. The van der Waals surface area contributed by atoms with Gasteiger partial charge in [-0.1, -0.05) is 29.9 Å². The van der Waals surface area contributed by atoms with Crippen LogP contribution in [0.15, 0.2) is 18.2 Å². The lowest BCUT2D eigenvalue weighted by Crippen LogP contribution is -2.22. The van der Waals surface area contributed by atoms with Gasteiger partial charge in [0.2, 0.25) is 0 Å². The van der Waals surface area contributed by atoms with E-state index in [2.05, 4.69) is 42.2 Å². The Morgan fingerprint density at radius 2 is 1.81 bits per heavy atom. The Morgan fingerprint density at radius 3 is 2.38 bits per heavy atom. The highest BCUT2D eigenvalue weighted by Gasteiger charge is 2.18. The van der Waals surface area contributed by atoms with Gasteiger partial charge in [-0.2, -0.15) is 5.10 Å². The van der Waals surface area contributed by atoms with Crippen LogP contribution >= 0.6 is 12.2 Å². The number of hydrogen-bond donors (Lipinski definition) is 1. The molecule has 2 aromatic rings. The summed E-state index contributed by atoms with van der Waals surface area (Å²) in [5.41, 5.74) is 12.0. The average Bonchev–Trinajstić information content (AvgIpc) is 2.40. The van der Waals surface area contributed by atoms with Crippen LogP contribution in [0.25, 0.3) is 0 Å². The van der Waals surface area contributed by atoms with E-state index < -0.39 is 0 Å². The van der Waals surface area contributed by atoms with E-state index >= 15 is 0 Å². The maximum absolute atomic E-state index is 5.90. The molecule has 0 aliphatic rings. The lowest BCUT2D eigenvalue weighted by atomic mass is 10.1. The third-order valence-electron chi connectivity index (χ3n) is 3.71. The number of nitrogens with zero attached hydrogens (tertiary/aromatic N) is 3. The quantitative estimate of drug-likeness (QED) is 0.883. The van der Waals surface area contributed by atoms with Gasteiger partial charge in [0.15, 0.2) is 5.82 Å². The summed E-state index contributed by atoms with van der Waals surface area (Å²) in [7, 11) is 1.96. The van der Waals surface area contributed by atoms with Gasteiger partial charge in [0.05, 0.1) is 11.3 Å². The first kappa shape index (κ1) is 15.4. The second kappa shape index (κ2) is 5.77. The van der Waals surface area contributed by atoms with Crippen molar-refractivity contribution in [1.82, 2.24) is 10.2 Å². The standard InChI is InChI=1S/C16H20N4S/c1-9-6-7-13(10(2)8-9)20(5)16-14(15(17)21)11(3)12(4)18-19-16/h6-8H,1-5H3,(H2,17,21). The summed E-state index contributed by atoms with van der Waals surface area (Å²) >= 11 is 5.20. The van der Waals surface area contributed by atoms with Gasteiger partial charge in [0, 0.05) is 12.7 Å². The van der Waals surface area contributed by atoms with Crippen LogP contribution in [0.4, 0.5) is 11.5 Å².